The third-order valence-corrected chi connectivity index (χ3v) is 3.76. The van der Waals surface area contributed by atoms with Crippen molar-refractivity contribution in [2.24, 2.45) is 5.41 Å². The highest BCUT2D eigenvalue weighted by Gasteiger charge is 2.56. The molecular formula is C12H20N2O3. The number of hydrogen-bond donors (Lipinski definition) is 2. The molecule has 1 amide bonds. The van der Waals surface area contributed by atoms with E-state index < -0.39 is 11.4 Å². The molecule has 0 radical (unpaired) electrons. The summed E-state index contributed by atoms with van der Waals surface area (Å²) in [6.45, 7) is 3.59. The fraction of sp³-hybridized carbons (Fsp3) is 0.833. The molecule has 5 nitrogen and oxygen atoms in total. The Bertz CT molecular complexity index is 307. The Morgan fingerprint density at radius 1 is 1.18 bits per heavy atom. The van der Waals surface area contributed by atoms with Crippen molar-refractivity contribution < 1.29 is 14.7 Å². The fourth-order valence-electron chi connectivity index (χ4n) is 2.34. The van der Waals surface area contributed by atoms with Gasteiger partial charge < -0.3 is 15.3 Å². The first kappa shape index (κ1) is 12.4. The zero-order valence-electron chi connectivity index (χ0n) is 10.1. The lowest BCUT2D eigenvalue weighted by Crippen LogP contribution is -2.42. The molecule has 1 saturated heterocycles. The Balaban J connectivity index is 1.68. The lowest BCUT2D eigenvalue weighted by atomic mass is 10.1. The molecule has 5 heteroatoms. The minimum absolute atomic E-state index is 0.304. The van der Waals surface area contributed by atoms with Crippen molar-refractivity contribution in [2.75, 3.05) is 26.2 Å². The molecule has 2 fully saturated rings. The molecule has 96 valence electrons. The number of carboxylic acid groups (broad SMARTS) is 1. The van der Waals surface area contributed by atoms with Crippen molar-refractivity contribution in [3.05, 3.63) is 0 Å². The average Bonchev–Trinajstić information content (AvgIpc) is 3.11. The predicted octanol–water partition coefficient (Wildman–Crippen LogP) is 0.453. The molecule has 0 aromatic heterocycles. The van der Waals surface area contributed by atoms with Crippen LogP contribution in [0.3, 0.4) is 0 Å². The third-order valence-electron chi connectivity index (χ3n) is 3.76. The second-order valence-electron chi connectivity index (χ2n) is 5.05. The summed E-state index contributed by atoms with van der Waals surface area (Å²) < 4.78 is 0. The number of rotatable bonds is 5. The normalized spacial score (nSPS) is 23.1. The summed E-state index contributed by atoms with van der Waals surface area (Å²) in [5.41, 5.74) is -1.10. The van der Waals surface area contributed by atoms with Gasteiger partial charge in [-0.2, -0.15) is 0 Å². The zero-order valence-corrected chi connectivity index (χ0v) is 10.1. The maximum absolute atomic E-state index is 11.7. The molecule has 1 aliphatic carbocycles. The summed E-state index contributed by atoms with van der Waals surface area (Å²) in [5.74, 6) is -1.28. The molecule has 17 heavy (non-hydrogen) atoms. The average molecular weight is 240 g/mol. The van der Waals surface area contributed by atoms with E-state index in [1.54, 1.807) is 0 Å². The van der Waals surface area contributed by atoms with E-state index in [0.29, 0.717) is 19.4 Å². The molecule has 1 saturated carbocycles. The molecule has 2 N–H and O–H groups in total. The number of carbonyl (C=O) groups excluding carboxylic acids is 1. The number of carbonyl (C=O) groups is 2. The number of likely N-dealkylation sites (tertiary alicyclic amines) is 1. The highest BCUT2D eigenvalue weighted by Crippen LogP contribution is 2.45. The summed E-state index contributed by atoms with van der Waals surface area (Å²) in [7, 11) is 0. The minimum atomic E-state index is -1.10. The summed E-state index contributed by atoms with van der Waals surface area (Å²) >= 11 is 0. The lowest BCUT2D eigenvalue weighted by molar-refractivity contribution is -0.149. The Kier molecular flexibility index (Phi) is 3.66. The Morgan fingerprint density at radius 3 is 2.35 bits per heavy atom. The topological polar surface area (TPSA) is 69.6 Å². The van der Waals surface area contributed by atoms with Crippen LogP contribution in [0.4, 0.5) is 0 Å². The molecule has 1 aliphatic heterocycles. The van der Waals surface area contributed by atoms with Crippen molar-refractivity contribution in [3.8, 4) is 0 Å². The first-order chi connectivity index (χ1) is 8.15. The number of piperidine rings is 1. The van der Waals surface area contributed by atoms with Crippen molar-refractivity contribution in [1.29, 1.82) is 0 Å². The first-order valence-electron chi connectivity index (χ1n) is 6.39. The van der Waals surface area contributed by atoms with Crippen LogP contribution in [0.1, 0.15) is 32.1 Å². The van der Waals surface area contributed by atoms with Gasteiger partial charge in [0.15, 0.2) is 0 Å². The van der Waals surface area contributed by atoms with Gasteiger partial charge in [-0.15, -0.1) is 0 Å². The van der Waals surface area contributed by atoms with Crippen molar-refractivity contribution in [1.82, 2.24) is 10.2 Å². The van der Waals surface area contributed by atoms with E-state index in [2.05, 4.69) is 10.2 Å². The van der Waals surface area contributed by atoms with E-state index in [4.69, 9.17) is 5.11 Å². The molecule has 2 aliphatic rings. The van der Waals surface area contributed by atoms with Crippen LogP contribution in [-0.4, -0.2) is 48.1 Å². The Hall–Kier alpha value is -1.10. The highest BCUT2D eigenvalue weighted by molar-refractivity contribution is 6.04. The lowest BCUT2D eigenvalue weighted by Gasteiger charge is -2.26. The van der Waals surface area contributed by atoms with Crippen LogP contribution in [0.2, 0.25) is 0 Å². The van der Waals surface area contributed by atoms with Crippen molar-refractivity contribution in [2.45, 2.75) is 32.1 Å². The monoisotopic (exact) mass is 240 g/mol. The maximum atomic E-state index is 11.7. The molecule has 0 atom stereocenters. The minimum Gasteiger partial charge on any atom is -0.480 e. The van der Waals surface area contributed by atoms with Crippen LogP contribution in [-0.2, 0) is 9.59 Å². The van der Waals surface area contributed by atoms with E-state index in [1.807, 2.05) is 0 Å². The molecule has 1 heterocycles. The Labute approximate surface area is 101 Å². The molecule has 0 bridgehead atoms. The number of nitrogens with zero attached hydrogens (tertiary/aromatic N) is 1. The fourth-order valence-corrected chi connectivity index (χ4v) is 2.34. The largest absolute Gasteiger partial charge is 0.480 e. The highest BCUT2D eigenvalue weighted by atomic mass is 16.4. The molecule has 2 rings (SSSR count). The molecule has 0 aromatic carbocycles. The third kappa shape index (κ3) is 2.77. The van der Waals surface area contributed by atoms with E-state index in [-0.39, 0.29) is 5.91 Å². The van der Waals surface area contributed by atoms with Crippen LogP contribution in [0, 0.1) is 5.41 Å². The second kappa shape index (κ2) is 5.04. The number of nitrogens with one attached hydrogen (secondary N) is 1. The van der Waals surface area contributed by atoms with E-state index in [9.17, 15) is 9.59 Å². The van der Waals surface area contributed by atoms with Gasteiger partial charge in [-0.3, -0.25) is 9.59 Å². The zero-order chi connectivity index (χ0) is 12.3. The van der Waals surface area contributed by atoms with Gasteiger partial charge in [-0.25, -0.2) is 0 Å². The van der Waals surface area contributed by atoms with Gasteiger partial charge in [0.1, 0.15) is 5.41 Å². The van der Waals surface area contributed by atoms with Gasteiger partial charge in [-0.05, 0) is 38.8 Å². The van der Waals surface area contributed by atoms with Crippen LogP contribution in [0.25, 0.3) is 0 Å². The number of carboxylic acids is 1. The Morgan fingerprint density at radius 2 is 1.82 bits per heavy atom. The second-order valence-corrected chi connectivity index (χ2v) is 5.05. The molecule has 0 aromatic rings. The standard InChI is InChI=1S/C12H20N2O3/c15-10(12(4-5-12)11(16)17)13-6-9-14-7-2-1-3-8-14/h1-9H2,(H,13,15)(H,16,17). The summed E-state index contributed by atoms with van der Waals surface area (Å²) in [5, 5.41) is 11.7. The first-order valence-corrected chi connectivity index (χ1v) is 6.39. The molecule has 0 unspecified atom stereocenters. The van der Waals surface area contributed by atoms with Gasteiger partial charge in [0, 0.05) is 13.1 Å². The summed E-state index contributed by atoms with van der Waals surface area (Å²) in [6, 6.07) is 0. The van der Waals surface area contributed by atoms with Gasteiger partial charge in [0.05, 0.1) is 0 Å². The predicted molar refractivity (Wildman–Crippen MR) is 62.6 cm³/mol. The summed E-state index contributed by atoms with van der Waals surface area (Å²) in [6.07, 6.45) is 4.72. The van der Waals surface area contributed by atoms with Crippen LogP contribution in [0.15, 0.2) is 0 Å². The smallest absolute Gasteiger partial charge is 0.319 e. The van der Waals surface area contributed by atoms with Crippen LogP contribution in [0.5, 0.6) is 0 Å². The van der Waals surface area contributed by atoms with Crippen molar-refractivity contribution in [3.63, 3.8) is 0 Å². The van der Waals surface area contributed by atoms with E-state index in [0.717, 1.165) is 19.6 Å². The number of amides is 1. The maximum Gasteiger partial charge on any atom is 0.319 e. The van der Waals surface area contributed by atoms with E-state index in [1.165, 1.54) is 19.3 Å². The van der Waals surface area contributed by atoms with Crippen LogP contribution >= 0.6 is 0 Å². The van der Waals surface area contributed by atoms with Gasteiger partial charge in [0.2, 0.25) is 5.91 Å². The number of aliphatic carboxylic acids is 1. The van der Waals surface area contributed by atoms with Gasteiger partial charge in [-0.1, -0.05) is 6.42 Å². The van der Waals surface area contributed by atoms with Gasteiger partial charge in [0.25, 0.3) is 0 Å². The number of hydrogen-bond acceptors (Lipinski definition) is 3. The molecule has 0 spiro atoms. The van der Waals surface area contributed by atoms with E-state index >= 15 is 0 Å². The molecular weight excluding hydrogens is 220 g/mol. The van der Waals surface area contributed by atoms with Gasteiger partial charge >= 0.3 is 5.97 Å². The quantitative estimate of drug-likeness (QED) is 0.685. The van der Waals surface area contributed by atoms with Crippen LogP contribution < -0.4 is 5.32 Å². The SMILES string of the molecule is O=C(O)C1(C(=O)NCCN2CCCCC2)CC1. The van der Waals surface area contributed by atoms with Crippen molar-refractivity contribution >= 4 is 11.9 Å². The summed E-state index contributed by atoms with van der Waals surface area (Å²) in [4.78, 5) is 24.9.